The summed E-state index contributed by atoms with van der Waals surface area (Å²) < 4.78 is 15.5. The van der Waals surface area contributed by atoms with E-state index in [1.807, 2.05) is 0 Å². The van der Waals surface area contributed by atoms with Crippen molar-refractivity contribution in [2.24, 2.45) is 0 Å². The molecule has 0 fully saturated rings. The van der Waals surface area contributed by atoms with Gasteiger partial charge in [-0.05, 0) is 48.9 Å². The van der Waals surface area contributed by atoms with Crippen LogP contribution in [0.15, 0.2) is 59.8 Å². The fourth-order valence-electron chi connectivity index (χ4n) is 3.28. The number of methoxy groups -OCH3 is 2. The number of halogens is 1. The summed E-state index contributed by atoms with van der Waals surface area (Å²) in [6.45, 7) is 2.09. The number of benzene rings is 2. The van der Waals surface area contributed by atoms with E-state index < -0.39 is 12.0 Å². The lowest BCUT2D eigenvalue weighted by Crippen LogP contribution is -2.48. The molecular weight excluding hydrogens is 408 g/mol. The first-order chi connectivity index (χ1) is 14.5. The summed E-state index contributed by atoms with van der Waals surface area (Å²) in [6.07, 6.45) is 0. The summed E-state index contributed by atoms with van der Waals surface area (Å²) in [5, 5.41) is 3.40. The number of anilines is 1. The van der Waals surface area contributed by atoms with Crippen LogP contribution in [0.4, 0.5) is 10.5 Å². The molecule has 0 radical (unpaired) electrons. The van der Waals surface area contributed by atoms with Crippen LogP contribution in [0.1, 0.15) is 18.5 Å². The van der Waals surface area contributed by atoms with Gasteiger partial charge in [-0.3, -0.25) is 4.90 Å². The molecule has 1 aliphatic rings. The Bertz CT molecular complexity index is 958. The Morgan fingerprint density at radius 2 is 1.87 bits per heavy atom. The smallest absolute Gasteiger partial charge is 0.338 e. The van der Waals surface area contributed by atoms with E-state index in [1.165, 1.54) is 12.0 Å². The lowest BCUT2D eigenvalue weighted by Gasteiger charge is -2.35. The van der Waals surface area contributed by atoms with Crippen LogP contribution in [0.2, 0.25) is 5.02 Å². The second-order valence-corrected chi connectivity index (χ2v) is 7.04. The van der Waals surface area contributed by atoms with Gasteiger partial charge in [0, 0.05) is 17.8 Å². The van der Waals surface area contributed by atoms with Crippen molar-refractivity contribution >= 4 is 29.3 Å². The zero-order valence-corrected chi connectivity index (χ0v) is 17.7. The molecule has 0 aliphatic carbocycles. The average molecular weight is 431 g/mol. The van der Waals surface area contributed by atoms with Gasteiger partial charge < -0.3 is 19.5 Å². The van der Waals surface area contributed by atoms with Crippen molar-refractivity contribution in [1.29, 1.82) is 0 Å². The van der Waals surface area contributed by atoms with Gasteiger partial charge in [-0.1, -0.05) is 23.7 Å². The number of hydrogen-bond donors (Lipinski definition) is 1. The molecular formula is C22H23ClN2O5. The Labute approximate surface area is 180 Å². The fraction of sp³-hybridized carbons (Fsp3) is 0.273. The van der Waals surface area contributed by atoms with Crippen LogP contribution in [0.5, 0.6) is 5.75 Å². The van der Waals surface area contributed by atoms with Crippen molar-refractivity contribution < 1.29 is 23.8 Å². The van der Waals surface area contributed by atoms with E-state index in [1.54, 1.807) is 62.6 Å². The minimum atomic E-state index is -0.694. The van der Waals surface area contributed by atoms with Gasteiger partial charge in [-0.25, -0.2) is 9.59 Å². The number of carbonyl (C=O) groups excluding carboxylic acids is 2. The summed E-state index contributed by atoms with van der Waals surface area (Å²) in [7, 11) is 3.09. The third kappa shape index (κ3) is 4.58. The Kier molecular flexibility index (Phi) is 6.97. The van der Waals surface area contributed by atoms with E-state index in [-0.39, 0.29) is 19.2 Å². The van der Waals surface area contributed by atoms with Crippen LogP contribution in [-0.4, -0.2) is 39.4 Å². The van der Waals surface area contributed by atoms with Gasteiger partial charge in [-0.15, -0.1) is 0 Å². The maximum atomic E-state index is 13.0. The number of rotatable bonds is 7. The van der Waals surface area contributed by atoms with Gasteiger partial charge >= 0.3 is 12.0 Å². The fourth-order valence-corrected chi connectivity index (χ4v) is 3.48. The lowest BCUT2D eigenvalue weighted by atomic mass is 9.94. The van der Waals surface area contributed by atoms with E-state index in [2.05, 4.69) is 5.32 Å². The Hall–Kier alpha value is -3.03. The molecule has 1 unspecified atom stereocenters. The number of nitrogens with one attached hydrogen (secondary N) is 1. The molecule has 1 atom stereocenters. The standard InChI is InChI=1S/C22H23ClN2O5/c1-14-19(21(26)30-12-11-28-2)20(15-5-4-6-16(23)13-15)24-22(27)25(14)17-7-9-18(29-3)10-8-17/h4-10,13,20H,11-12H2,1-3H3,(H,24,27). The van der Waals surface area contributed by atoms with Gasteiger partial charge in [0.2, 0.25) is 0 Å². The number of hydrogen-bond acceptors (Lipinski definition) is 5. The second kappa shape index (κ2) is 9.65. The highest BCUT2D eigenvalue weighted by Gasteiger charge is 2.37. The van der Waals surface area contributed by atoms with E-state index in [0.29, 0.717) is 33.3 Å². The SMILES string of the molecule is COCCOC(=O)C1=C(C)N(c2ccc(OC)cc2)C(=O)NC1c1cccc(Cl)c1. The zero-order chi connectivity index (χ0) is 21.7. The predicted octanol–water partition coefficient (Wildman–Crippen LogP) is 4.08. The highest BCUT2D eigenvalue weighted by Crippen LogP contribution is 2.35. The predicted molar refractivity (Wildman–Crippen MR) is 114 cm³/mol. The third-order valence-corrected chi connectivity index (χ3v) is 4.97. The molecule has 0 bridgehead atoms. The van der Waals surface area contributed by atoms with Gasteiger partial charge in [0.25, 0.3) is 0 Å². The molecule has 2 amide bonds. The number of urea groups is 1. The van der Waals surface area contributed by atoms with Crippen LogP contribution < -0.4 is 15.0 Å². The van der Waals surface area contributed by atoms with E-state index in [4.69, 9.17) is 25.8 Å². The quantitative estimate of drug-likeness (QED) is 0.529. The number of esters is 1. The van der Waals surface area contributed by atoms with Gasteiger partial charge in [-0.2, -0.15) is 0 Å². The second-order valence-electron chi connectivity index (χ2n) is 6.60. The maximum Gasteiger partial charge on any atom is 0.338 e. The molecule has 2 aromatic rings. The van der Waals surface area contributed by atoms with Crippen LogP contribution in [-0.2, 0) is 14.3 Å². The molecule has 1 N–H and O–H groups in total. The van der Waals surface area contributed by atoms with Crippen molar-refractivity contribution in [1.82, 2.24) is 5.32 Å². The molecule has 158 valence electrons. The summed E-state index contributed by atoms with van der Waals surface area (Å²) in [5.41, 5.74) is 2.07. The topological polar surface area (TPSA) is 77.1 Å². The van der Waals surface area contributed by atoms with E-state index in [9.17, 15) is 9.59 Å². The molecule has 1 aliphatic heterocycles. The summed E-state index contributed by atoms with van der Waals surface area (Å²) in [5.74, 6) is 0.127. The van der Waals surface area contributed by atoms with Crippen molar-refractivity contribution in [2.45, 2.75) is 13.0 Å². The first-order valence-corrected chi connectivity index (χ1v) is 9.71. The number of amides is 2. The van der Waals surface area contributed by atoms with Crippen LogP contribution in [0.3, 0.4) is 0 Å². The highest BCUT2D eigenvalue weighted by molar-refractivity contribution is 6.30. The molecule has 0 saturated heterocycles. The Morgan fingerprint density at radius 3 is 2.50 bits per heavy atom. The first kappa shape index (κ1) is 21.7. The molecule has 7 nitrogen and oxygen atoms in total. The summed E-state index contributed by atoms with van der Waals surface area (Å²) in [6, 6.07) is 12.9. The Morgan fingerprint density at radius 1 is 1.13 bits per heavy atom. The molecule has 0 spiro atoms. The van der Waals surface area contributed by atoms with Gasteiger partial charge in [0.05, 0.1) is 31.0 Å². The summed E-state index contributed by atoms with van der Waals surface area (Å²) in [4.78, 5) is 27.4. The minimum absolute atomic E-state index is 0.102. The number of nitrogens with zero attached hydrogens (tertiary/aromatic N) is 1. The lowest BCUT2D eigenvalue weighted by molar-refractivity contribution is -0.140. The van der Waals surface area contributed by atoms with Crippen LogP contribution in [0, 0.1) is 0 Å². The molecule has 30 heavy (non-hydrogen) atoms. The molecule has 3 rings (SSSR count). The van der Waals surface area contributed by atoms with Crippen LogP contribution in [0.25, 0.3) is 0 Å². The molecule has 0 aromatic heterocycles. The molecule has 2 aromatic carbocycles. The van der Waals surface area contributed by atoms with Crippen molar-refractivity contribution in [3.05, 3.63) is 70.4 Å². The first-order valence-electron chi connectivity index (χ1n) is 9.33. The largest absolute Gasteiger partial charge is 0.497 e. The van der Waals surface area contributed by atoms with E-state index in [0.717, 1.165) is 0 Å². The molecule has 8 heteroatoms. The number of ether oxygens (including phenoxy) is 3. The molecule has 0 saturated carbocycles. The third-order valence-electron chi connectivity index (χ3n) is 4.74. The molecule has 1 heterocycles. The zero-order valence-electron chi connectivity index (χ0n) is 17.0. The summed E-state index contributed by atoms with van der Waals surface area (Å²) >= 11 is 6.14. The van der Waals surface area contributed by atoms with Crippen molar-refractivity contribution in [3.8, 4) is 5.75 Å². The number of allylic oxidation sites excluding steroid dienone is 1. The number of carbonyl (C=O) groups is 2. The average Bonchev–Trinajstić information content (AvgIpc) is 2.74. The Balaban J connectivity index is 2.05. The van der Waals surface area contributed by atoms with E-state index >= 15 is 0 Å². The van der Waals surface area contributed by atoms with Gasteiger partial charge in [0.15, 0.2) is 0 Å². The minimum Gasteiger partial charge on any atom is -0.497 e. The normalized spacial score (nSPS) is 16.3. The monoisotopic (exact) mass is 430 g/mol. The van der Waals surface area contributed by atoms with Crippen molar-refractivity contribution in [3.63, 3.8) is 0 Å². The van der Waals surface area contributed by atoms with Gasteiger partial charge in [0.1, 0.15) is 12.4 Å². The van der Waals surface area contributed by atoms with Crippen molar-refractivity contribution in [2.75, 3.05) is 32.3 Å². The maximum absolute atomic E-state index is 13.0. The van der Waals surface area contributed by atoms with Crippen LogP contribution >= 0.6 is 11.6 Å². The highest BCUT2D eigenvalue weighted by atomic mass is 35.5.